The molecule has 24 heavy (non-hydrogen) atoms. The minimum absolute atomic E-state index is 0.0376. The van der Waals surface area contributed by atoms with Gasteiger partial charge < -0.3 is 14.6 Å². The fourth-order valence-corrected chi connectivity index (χ4v) is 4.24. The predicted octanol–water partition coefficient (Wildman–Crippen LogP) is 0.649. The predicted molar refractivity (Wildman–Crippen MR) is 87.1 cm³/mol. The highest BCUT2D eigenvalue weighted by Gasteiger charge is 2.30. The zero-order chi connectivity index (χ0) is 18.1. The second kappa shape index (κ2) is 6.94. The maximum absolute atomic E-state index is 12.5. The molecule has 1 amide bonds. The molecule has 0 unspecified atom stereocenters. The lowest BCUT2D eigenvalue weighted by Crippen LogP contribution is -2.38. The van der Waals surface area contributed by atoms with E-state index in [1.165, 1.54) is 21.7 Å². The Bertz CT molecular complexity index is 730. The van der Waals surface area contributed by atoms with Crippen molar-refractivity contribution < 1.29 is 23.1 Å². The van der Waals surface area contributed by atoms with E-state index in [1.807, 2.05) is 0 Å². The number of nitrogens with one attached hydrogen (secondary N) is 1. The van der Waals surface area contributed by atoms with Gasteiger partial charge in [-0.1, -0.05) is 0 Å². The lowest BCUT2D eigenvalue weighted by molar-refractivity contribution is -0.142. The minimum atomic E-state index is -3.75. The standard InChI is InChI=1S/C15H23N3O5S/c1-17(2)14(19)13-8-12(9-18(13)3)24(22,23)16-11-6-4-10(5-7-11)15(20)21/h8-11,16H,4-7H2,1-3H3,(H,20,21). The van der Waals surface area contributed by atoms with Gasteiger partial charge in [0.15, 0.2) is 0 Å². The number of aromatic nitrogens is 1. The van der Waals surface area contributed by atoms with Crippen LogP contribution in [0.5, 0.6) is 0 Å². The van der Waals surface area contributed by atoms with Gasteiger partial charge in [0.25, 0.3) is 5.91 Å². The van der Waals surface area contributed by atoms with Crippen LogP contribution in [0.25, 0.3) is 0 Å². The fraction of sp³-hybridized carbons (Fsp3) is 0.600. The number of carbonyl (C=O) groups is 2. The molecule has 0 atom stereocenters. The first kappa shape index (κ1) is 18.5. The third kappa shape index (κ3) is 3.96. The van der Waals surface area contributed by atoms with E-state index in [4.69, 9.17) is 5.11 Å². The molecule has 1 aromatic heterocycles. The molecule has 1 aliphatic rings. The van der Waals surface area contributed by atoms with Crippen LogP contribution in [-0.4, -0.2) is 55.0 Å². The summed E-state index contributed by atoms with van der Waals surface area (Å²) >= 11 is 0. The van der Waals surface area contributed by atoms with Crippen molar-refractivity contribution in [3.05, 3.63) is 18.0 Å². The molecule has 1 saturated carbocycles. The van der Waals surface area contributed by atoms with Crippen LogP contribution in [0.4, 0.5) is 0 Å². The van der Waals surface area contributed by atoms with Crippen LogP contribution in [0.3, 0.4) is 0 Å². The highest BCUT2D eigenvalue weighted by Crippen LogP contribution is 2.26. The van der Waals surface area contributed by atoms with E-state index in [0.717, 1.165) is 0 Å². The number of amides is 1. The van der Waals surface area contributed by atoms with Gasteiger partial charge in [-0.25, -0.2) is 13.1 Å². The molecular weight excluding hydrogens is 334 g/mol. The number of nitrogens with zero attached hydrogens (tertiary/aromatic N) is 2. The molecule has 1 heterocycles. The summed E-state index contributed by atoms with van der Waals surface area (Å²) < 4.78 is 29.1. The van der Waals surface area contributed by atoms with Crippen molar-refractivity contribution in [3.8, 4) is 0 Å². The number of carboxylic acids is 1. The summed E-state index contributed by atoms with van der Waals surface area (Å²) in [5, 5.41) is 8.99. The molecule has 0 radical (unpaired) electrons. The number of sulfonamides is 1. The van der Waals surface area contributed by atoms with Crippen molar-refractivity contribution in [1.29, 1.82) is 0 Å². The molecule has 2 N–H and O–H groups in total. The Labute approximate surface area is 141 Å². The molecule has 8 nitrogen and oxygen atoms in total. The van der Waals surface area contributed by atoms with E-state index < -0.39 is 21.9 Å². The third-order valence-corrected chi connectivity index (χ3v) is 5.80. The molecule has 134 valence electrons. The first-order valence-electron chi connectivity index (χ1n) is 7.75. The number of carbonyl (C=O) groups excluding carboxylic acids is 1. The number of carboxylic acid groups (broad SMARTS) is 1. The third-order valence-electron chi connectivity index (χ3n) is 4.31. The van der Waals surface area contributed by atoms with Gasteiger partial charge in [0.05, 0.1) is 5.92 Å². The summed E-state index contributed by atoms with van der Waals surface area (Å²) in [4.78, 5) is 24.4. The maximum Gasteiger partial charge on any atom is 0.306 e. The normalized spacial score (nSPS) is 21.5. The Morgan fingerprint density at radius 2 is 1.83 bits per heavy atom. The van der Waals surface area contributed by atoms with Crippen LogP contribution >= 0.6 is 0 Å². The molecular formula is C15H23N3O5S. The van der Waals surface area contributed by atoms with E-state index in [2.05, 4.69) is 4.72 Å². The summed E-state index contributed by atoms with van der Waals surface area (Å²) in [5.74, 6) is -1.50. The minimum Gasteiger partial charge on any atom is -0.481 e. The molecule has 0 spiro atoms. The highest BCUT2D eigenvalue weighted by atomic mass is 32.2. The van der Waals surface area contributed by atoms with Gasteiger partial charge in [-0.05, 0) is 31.7 Å². The summed E-state index contributed by atoms with van der Waals surface area (Å²) in [6.45, 7) is 0. The van der Waals surface area contributed by atoms with E-state index in [1.54, 1.807) is 21.1 Å². The van der Waals surface area contributed by atoms with Crippen molar-refractivity contribution in [2.75, 3.05) is 14.1 Å². The van der Waals surface area contributed by atoms with Crippen molar-refractivity contribution >= 4 is 21.9 Å². The quantitative estimate of drug-likeness (QED) is 0.804. The Kier molecular flexibility index (Phi) is 5.34. The molecule has 1 aromatic rings. The number of rotatable bonds is 5. The van der Waals surface area contributed by atoms with Gasteiger partial charge in [-0.15, -0.1) is 0 Å². The molecule has 0 saturated heterocycles. The number of hydrogen-bond donors (Lipinski definition) is 2. The van der Waals surface area contributed by atoms with Crippen molar-refractivity contribution in [2.24, 2.45) is 13.0 Å². The monoisotopic (exact) mass is 357 g/mol. The lowest BCUT2D eigenvalue weighted by atomic mass is 9.87. The van der Waals surface area contributed by atoms with Gasteiger partial charge >= 0.3 is 5.97 Å². The SMILES string of the molecule is CN(C)C(=O)c1cc(S(=O)(=O)NC2CCC(C(=O)O)CC2)cn1C. The van der Waals surface area contributed by atoms with E-state index >= 15 is 0 Å². The van der Waals surface area contributed by atoms with E-state index in [-0.39, 0.29) is 22.5 Å². The van der Waals surface area contributed by atoms with Crippen molar-refractivity contribution in [2.45, 2.75) is 36.6 Å². The maximum atomic E-state index is 12.5. The first-order valence-corrected chi connectivity index (χ1v) is 9.23. The van der Waals surface area contributed by atoms with Crippen LogP contribution in [0, 0.1) is 5.92 Å². The molecule has 2 rings (SSSR count). The second-order valence-corrected chi connectivity index (χ2v) is 8.09. The van der Waals surface area contributed by atoms with Crippen LogP contribution in [0.1, 0.15) is 36.2 Å². The molecule has 9 heteroatoms. The van der Waals surface area contributed by atoms with Crippen molar-refractivity contribution in [3.63, 3.8) is 0 Å². The molecule has 0 bridgehead atoms. The molecule has 1 aliphatic carbocycles. The van der Waals surface area contributed by atoms with Crippen LogP contribution < -0.4 is 4.72 Å². The highest BCUT2D eigenvalue weighted by molar-refractivity contribution is 7.89. The van der Waals surface area contributed by atoms with Crippen LogP contribution in [0.15, 0.2) is 17.2 Å². The average Bonchev–Trinajstić information content (AvgIpc) is 2.89. The van der Waals surface area contributed by atoms with Gasteiger partial charge in [0.1, 0.15) is 10.6 Å². The Hall–Kier alpha value is -1.87. The fourth-order valence-electron chi connectivity index (χ4n) is 2.87. The summed E-state index contributed by atoms with van der Waals surface area (Å²) in [7, 11) is 1.07. The lowest BCUT2D eigenvalue weighted by Gasteiger charge is -2.26. The Morgan fingerprint density at radius 3 is 2.33 bits per heavy atom. The van der Waals surface area contributed by atoms with Crippen LogP contribution in [-0.2, 0) is 21.9 Å². The summed E-state index contributed by atoms with van der Waals surface area (Å²) in [6.07, 6.45) is 3.31. The Balaban J connectivity index is 2.10. The van der Waals surface area contributed by atoms with Gasteiger partial charge in [-0.3, -0.25) is 9.59 Å². The molecule has 1 fully saturated rings. The second-order valence-electron chi connectivity index (χ2n) is 6.38. The summed E-state index contributed by atoms with van der Waals surface area (Å²) in [6, 6.07) is 1.08. The number of hydrogen-bond acceptors (Lipinski definition) is 4. The van der Waals surface area contributed by atoms with Gasteiger partial charge in [0.2, 0.25) is 10.0 Å². The number of aliphatic carboxylic acids is 1. The van der Waals surface area contributed by atoms with E-state index in [0.29, 0.717) is 25.7 Å². The van der Waals surface area contributed by atoms with Gasteiger partial charge in [0, 0.05) is 33.4 Å². The smallest absolute Gasteiger partial charge is 0.306 e. The zero-order valence-corrected chi connectivity index (χ0v) is 14.8. The average molecular weight is 357 g/mol. The summed E-state index contributed by atoms with van der Waals surface area (Å²) in [5.41, 5.74) is 0.287. The van der Waals surface area contributed by atoms with E-state index in [9.17, 15) is 18.0 Å². The topological polar surface area (TPSA) is 109 Å². The van der Waals surface area contributed by atoms with Crippen LogP contribution in [0.2, 0.25) is 0 Å². The molecule has 0 aliphatic heterocycles. The van der Waals surface area contributed by atoms with Gasteiger partial charge in [-0.2, -0.15) is 0 Å². The molecule has 0 aromatic carbocycles. The van der Waals surface area contributed by atoms with Crippen molar-refractivity contribution in [1.82, 2.24) is 14.2 Å². The zero-order valence-electron chi connectivity index (χ0n) is 14.0. The Morgan fingerprint density at radius 1 is 1.25 bits per heavy atom. The number of aryl methyl sites for hydroxylation is 1. The first-order chi connectivity index (χ1) is 11.1. The largest absolute Gasteiger partial charge is 0.481 e.